The van der Waals surface area contributed by atoms with Gasteiger partial charge in [-0.1, -0.05) is 33.6 Å². The first-order valence-electron chi connectivity index (χ1n) is 6.17. The molecule has 3 heteroatoms. The van der Waals surface area contributed by atoms with Gasteiger partial charge in [0.15, 0.2) is 0 Å². The third-order valence-electron chi connectivity index (χ3n) is 2.24. The molecule has 2 N–H and O–H groups in total. The van der Waals surface area contributed by atoms with Crippen molar-refractivity contribution in [2.24, 2.45) is 0 Å². The second kappa shape index (κ2) is 9.97. The monoisotopic (exact) mass is 218 g/mol. The highest BCUT2D eigenvalue weighted by atomic mass is 16.1. The van der Waals surface area contributed by atoms with Gasteiger partial charge in [-0.25, -0.2) is 0 Å². The van der Waals surface area contributed by atoms with Crippen LogP contribution in [0.25, 0.3) is 0 Å². The van der Waals surface area contributed by atoms with Gasteiger partial charge in [0.2, 0.25) is 5.91 Å². The minimum absolute atomic E-state index is 0. The van der Waals surface area contributed by atoms with E-state index in [2.05, 4.69) is 31.4 Å². The Hall–Kier alpha value is -0.570. The van der Waals surface area contributed by atoms with Gasteiger partial charge in [0.25, 0.3) is 0 Å². The summed E-state index contributed by atoms with van der Waals surface area (Å²) in [5, 5.41) is 6.24. The SMILES string of the molecule is CCCCCNC(=O)CCCNC(C)C.[HH].[HH]. The van der Waals surface area contributed by atoms with Gasteiger partial charge in [-0.2, -0.15) is 0 Å². The molecule has 0 aliphatic rings. The molecule has 0 bridgehead atoms. The van der Waals surface area contributed by atoms with Crippen LogP contribution in [0, 0.1) is 0 Å². The molecule has 0 spiro atoms. The van der Waals surface area contributed by atoms with Crippen LogP contribution in [0.15, 0.2) is 0 Å². The first kappa shape index (κ1) is 14.4. The Morgan fingerprint density at radius 3 is 2.53 bits per heavy atom. The van der Waals surface area contributed by atoms with E-state index in [0.717, 1.165) is 25.9 Å². The summed E-state index contributed by atoms with van der Waals surface area (Å²) in [4.78, 5) is 11.3. The normalized spacial score (nSPS) is 10.7. The van der Waals surface area contributed by atoms with E-state index in [1.165, 1.54) is 12.8 Å². The van der Waals surface area contributed by atoms with Crippen molar-refractivity contribution in [1.82, 2.24) is 10.6 Å². The predicted octanol–water partition coefficient (Wildman–Crippen LogP) is 2.56. The average molecular weight is 218 g/mol. The lowest BCUT2D eigenvalue weighted by atomic mass is 10.2. The maximum Gasteiger partial charge on any atom is 0.220 e. The molecule has 0 heterocycles. The molecule has 0 aromatic carbocycles. The third kappa shape index (κ3) is 11.4. The molecule has 94 valence electrons. The molecule has 0 rings (SSSR count). The van der Waals surface area contributed by atoms with Gasteiger partial charge in [-0.3, -0.25) is 4.79 Å². The molecule has 0 radical (unpaired) electrons. The number of nitrogens with one attached hydrogen (secondary N) is 2. The van der Waals surface area contributed by atoms with E-state index < -0.39 is 0 Å². The molecule has 1 amide bonds. The van der Waals surface area contributed by atoms with Gasteiger partial charge in [0.1, 0.15) is 0 Å². The zero-order valence-corrected chi connectivity index (χ0v) is 10.4. The van der Waals surface area contributed by atoms with Crippen molar-refractivity contribution in [3.63, 3.8) is 0 Å². The molecule has 0 saturated carbocycles. The maximum atomic E-state index is 11.3. The molecule has 15 heavy (non-hydrogen) atoms. The lowest BCUT2D eigenvalue weighted by Gasteiger charge is -2.08. The second-order valence-electron chi connectivity index (χ2n) is 4.27. The van der Waals surface area contributed by atoms with E-state index in [0.29, 0.717) is 12.5 Å². The first-order chi connectivity index (χ1) is 7.16. The zero-order valence-electron chi connectivity index (χ0n) is 10.4. The number of rotatable bonds is 9. The summed E-state index contributed by atoms with van der Waals surface area (Å²) in [6, 6.07) is 0.512. The van der Waals surface area contributed by atoms with Crippen molar-refractivity contribution in [3.8, 4) is 0 Å². The lowest BCUT2D eigenvalue weighted by Crippen LogP contribution is -2.27. The Bertz CT molecular complexity index is 167. The molecular formula is C12H30N2O. The van der Waals surface area contributed by atoms with Gasteiger partial charge in [-0.15, -0.1) is 0 Å². The van der Waals surface area contributed by atoms with Gasteiger partial charge in [0, 0.05) is 21.9 Å². The molecule has 3 nitrogen and oxygen atoms in total. The maximum absolute atomic E-state index is 11.3. The predicted molar refractivity (Wildman–Crippen MR) is 69.1 cm³/mol. The number of amides is 1. The van der Waals surface area contributed by atoms with Crippen LogP contribution in [0.1, 0.15) is 55.7 Å². The third-order valence-corrected chi connectivity index (χ3v) is 2.24. The summed E-state index contributed by atoms with van der Waals surface area (Å²) < 4.78 is 0. The van der Waals surface area contributed by atoms with Gasteiger partial charge in [0.05, 0.1) is 0 Å². The lowest BCUT2D eigenvalue weighted by molar-refractivity contribution is -0.121. The number of carbonyl (C=O) groups is 1. The van der Waals surface area contributed by atoms with Crippen molar-refractivity contribution in [3.05, 3.63) is 0 Å². The fourth-order valence-corrected chi connectivity index (χ4v) is 1.33. The van der Waals surface area contributed by atoms with E-state index in [4.69, 9.17) is 0 Å². The molecule has 0 unspecified atom stereocenters. The Morgan fingerprint density at radius 1 is 1.20 bits per heavy atom. The van der Waals surface area contributed by atoms with Crippen molar-refractivity contribution >= 4 is 5.91 Å². The Morgan fingerprint density at radius 2 is 1.93 bits per heavy atom. The van der Waals surface area contributed by atoms with Gasteiger partial charge in [-0.05, 0) is 19.4 Å². The fourth-order valence-electron chi connectivity index (χ4n) is 1.33. The standard InChI is InChI=1S/C12H26N2O.2H2/c1-4-5-6-9-14-12(15)8-7-10-13-11(2)3;;/h11,13H,4-10H2,1-3H3,(H,14,15);2*1H. The van der Waals surface area contributed by atoms with Crippen LogP contribution >= 0.6 is 0 Å². The van der Waals surface area contributed by atoms with Crippen LogP contribution in [0.4, 0.5) is 0 Å². The second-order valence-corrected chi connectivity index (χ2v) is 4.27. The summed E-state index contributed by atoms with van der Waals surface area (Å²) in [7, 11) is 0. The van der Waals surface area contributed by atoms with E-state index in [9.17, 15) is 4.79 Å². The van der Waals surface area contributed by atoms with Crippen molar-refractivity contribution in [2.45, 2.75) is 58.9 Å². The minimum Gasteiger partial charge on any atom is -0.356 e. The first-order valence-corrected chi connectivity index (χ1v) is 6.17. The Balaban J connectivity index is -0.000000980. The molecule has 0 aliphatic carbocycles. The number of carbonyl (C=O) groups excluding carboxylic acids is 1. The quantitative estimate of drug-likeness (QED) is 0.584. The van der Waals surface area contributed by atoms with Gasteiger partial charge >= 0.3 is 0 Å². The van der Waals surface area contributed by atoms with Gasteiger partial charge < -0.3 is 10.6 Å². The Labute approximate surface area is 97.0 Å². The molecule has 0 fully saturated rings. The molecular weight excluding hydrogens is 188 g/mol. The molecule has 0 aliphatic heterocycles. The highest BCUT2D eigenvalue weighted by Crippen LogP contribution is 1.93. The summed E-state index contributed by atoms with van der Waals surface area (Å²) in [5.41, 5.74) is 0. The van der Waals surface area contributed by atoms with E-state index >= 15 is 0 Å². The van der Waals surface area contributed by atoms with Crippen molar-refractivity contribution in [2.75, 3.05) is 13.1 Å². The van der Waals surface area contributed by atoms with Crippen LogP contribution in [-0.4, -0.2) is 25.0 Å². The van der Waals surface area contributed by atoms with Crippen LogP contribution in [-0.2, 0) is 4.79 Å². The number of unbranched alkanes of at least 4 members (excludes halogenated alkanes) is 2. The van der Waals surface area contributed by atoms with Crippen molar-refractivity contribution in [1.29, 1.82) is 0 Å². The van der Waals surface area contributed by atoms with Crippen LogP contribution in [0.2, 0.25) is 0 Å². The van der Waals surface area contributed by atoms with E-state index in [1.54, 1.807) is 0 Å². The summed E-state index contributed by atoms with van der Waals surface area (Å²) in [6.07, 6.45) is 5.08. The zero-order chi connectivity index (χ0) is 11.5. The van der Waals surface area contributed by atoms with Crippen LogP contribution in [0.3, 0.4) is 0 Å². The highest BCUT2D eigenvalue weighted by molar-refractivity contribution is 5.75. The number of hydrogen-bond donors (Lipinski definition) is 2. The fraction of sp³-hybridized carbons (Fsp3) is 0.917. The summed E-state index contributed by atoms with van der Waals surface area (Å²) in [6.45, 7) is 8.17. The largest absolute Gasteiger partial charge is 0.356 e. The smallest absolute Gasteiger partial charge is 0.220 e. The van der Waals surface area contributed by atoms with E-state index in [1.807, 2.05) is 0 Å². The highest BCUT2D eigenvalue weighted by Gasteiger charge is 2.00. The molecule has 0 aromatic heterocycles. The average Bonchev–Trinajstić information content (AvgIpc) is 2.19. The number of hydrogen-bond acceptors (Lipinski definition) is 2. The van der Waals surface area contributed by atoms with Crippen molar-refractivity contribution < 1.29 is 7.65 Å². The minimum atomic E-state index is 0. The molecule has 0 saturated heterocycles. The van der Waals surface area contributed by atoms with Crippen LogP contribution < -0.4 is 10.6 Å². The Kier molecular flexibility index (Phi) is 9.59. The summed E-state index contributed by atoms with van der Waals surface area (Å²) >= 11 is 0. The van der Waals surface area contributed by atoms with Crippen LogP contribution in [0.5, 0.6) is 0 Å². The molecule has 0 atom stereocenters. The summed E-state index contributed by atoms with van der Waals surface area (Å²) in [5.74, 6) is 0.191. The topological polar surface area (TPSA) is 41.1 Å². The van der Waals surface area contributed by atoms with E-state index in [-0.39, 0.29) is 8.76 Å². The molecule has 0 aromatic rings.